The molecule has 0 saturated carbocycles. The number of anilines is 1. The van der Waals surface area contributed by atoms with Crippen molar-refractivity contribution in [3.63, 3.8) is 0 Å². The van der Waals surface area contributed by atoms with Crippen molar-refractivity contribution in [3.8, 4) is 0 Å². The molecule has 2 rings (SSSR count). The summed E-state index contributed by atoms with van der Waals surface area (Å²) in [6.07, 6.45) is 5.84. The van der Waals surface area contributed by atoms with Crippen LogP contribution in [0.2, 0.25) is 0 Å². The summed E-state index contributed by atoms with van der Waals surface area (Å²) in [5.74, 6) is 0. The minimum Gasteiger partial charge on any atom is -0.399 e. The maximum absolute atomic E-state index is 5.60. The number of rotatable bonds is 2. The van der Waals surface area contributed by atoms with Crippen LogP contribution >= 0.6 is 0 Å². The normalized spacial score (nSPS) is 11.0. The van der Waals surface area contributed by atoms with Gasteiger partial charge in [0.05, 0.1) is 5.69 Å². The summed E-state index contributed by atoms with van der Waals surface area (Å²) >= 11 is 0. The van der Waals surface area contributed by atoms with Gasteiger partial charge in [-0.2, -0.15) is 5.10 Å². The maximum Gasteiger partial charge on any atom is 0.0606 e. The van der Waals surface area contributed by atoms with E-state index < -0.39 is 0 Å². The second-order valence-corrected chi connectivity index (χ2v) is 3.38. The number of hydrogen-bond donors (Lipinski definition) is 1. The zero-order chi connectivity index (χ0) is 10.7. The lowest BCUT2D eigenvalue weighted by Gasteiger charge is -1.96. The van der Waals surface area contributed by atoms with Crippen molar-refractivity contribution in [2.75, 3.05) is 5.73 Å². The van der Waals surface area contributed by atoms with E-state index >= 15 is 0 Å². The van der Waals surface area contributed by atoms with E-state index in [4.69, 9.17) is 5.73 Å². The fraction of sp³-hybridized carbons (Fsp3) is 0.0833. The van der Waals surface area contributed by atoms with Crippen LogP contribution in [0.1, 0.15) is 11.3 Å². The molecule has 0 bridgehead atoms. The Kier molecular flexibility index (Phi) is 2.54. The van der Waals surface area contributed by atoms with Gasteiger partial charge in [-0.05, 0) is 29.8 Å². The van der Waals surface area contributed by atoms with Crippen molar-refractivity contribution in [2.45, 2.75) is 0 Å². The molecular formula is C12H13N3. The van der Waals surface area contributed by atoms with Crippen molar-refractivity contribution < 1.29 is 0 Å². The highest BCUT2D eigenvalue weighted by atomic mass is 15.2. The molecule has 3 heteroatoms. The number of aromatic nitrogens is 2. The van der Waals surface area contributed by atoms with Crippen LogP contribution in [0.15, 0.2) is 36.5 Å². The van der Waals surface area contributed by atoms with Crippen LogP contribution in [0.25, 0.3) is 12.2 Å². The largest absolute Gasteiger partial charge is 0.399 e. The third-order valence-corrected chi connectivity index (χ3v) is 2.24. The van der Waals surface area contributed by atoms with Crippen LogP contribution in [0, 0.1) is 0 Å². The second-order valence-electron chi connectivity index (χ2n) is 3.38. The molecule has 1 heterocycles. The second kappa shape index (κ2) is 4.00. The van der Waals surface area contributed by atoms with Crippen molar-refractivity contribution in [2.24, 2.45) is 7.05 Å². The Bertz CT molecular complexity index is 466. The molecule has 0 aliphatic rings. The summed E-state index contributed by atoms with van der Waals surface area (Å²) in [5, 5.41) is 4.09. The molecule has 2 aromatic rings. The monoisotopic (exact) mass is 199 g/mol. The van der Waals surface area contributed by atoms with Crippen molar-refractivity contribution in [3.05, 3.63) is 47.8 Å². The van der Waals surface area contributed by atoms with E-state index in [-0.39, 0.29) is 0 Å². The molecule has 0 aliphatic heterocycles. The van der Waals surface area contributed by atoms with Gasteiger partial charge < -0.3 is 5.73 Å². The van der Waals surface area contributed by atoms with Gasteiger partial charge in [0, 0.05) is 18.9 Å². The Hall–Kier alpha value is -2.03. The Morgan fingerprint density at radius 3 is 2.47 bits per heavy atom. The third-order valence-electron chi connectivity index (χ3n) is 2.24. The van der Waals surface area contributed by atoms with E-state index in [0.717, 1.165) is 16.9 Å². The Balaban J connectivity index is 2.19. The number of nitrogens with zero attached hydrogens (tertiary/aromatic N) is 2. The Morgan fingerprint density at radius 2 is 1.87 bits per heavy atom. The van der Waals surface area contributed by atoms with Crippen LogP contribution in [0.5, 0.6) is 0 Å². The van der Waals surface area contributed by atoms with Gasteiger partial charge in [0.15, 0.2) is 0 Å². The summed E-state index contributed by atoms with van der Waals surface area (Å²) in [7, 11) is 1.92. The zero-order valence-electron chi connectivity index (χ0n) is 8.59. The number of nitrogens with two attached hydrogens (primary N) is 1. The average molecular weight is 199 g/mol. The molecule has 0 spiro atoms. The van der Waals surface area contributed by atoms with Crippen LogP contribution < -0.4 is 5.73 Å². The standard InChI is InChI=1S/C12H13N3/c1-15-12(8-9-14-15)7-4-10-2-5-11(13)6-3-10/h2-9H,13H2,1H3. The predicted molar refractivity (Wildman–Crippen MR) is 63.0 cm³/mol. The molecule has 15 heavy (non-hydrogen) atoms. The summed E-state index contributed by atoms with van der Waals surface area (Å²) in [4.78, 5) is 0. The lowest BCUT2D eigenvalue weighted by molar-refractivity contribution is 0.760. The van der Waals surface area contributed by atoms with E-state index in [9.17, 15) is 0 Å². The van der Waals surface area contributed by atoms with E-state index in [1.165, 1.54) is 0 Å². The van der Waals surface area contributed by atoms with E-state index in [2.05, 4.69) is 5.10 Å². The van der Waals surface area contributed by atoms with E-state index in [1.54, 1.807) is 6.20 Å². The van der Waals surface area contributed by atoms with Crippen LogP contribution in [0.4, 0.5) is 5.69 Å². The van der Waals surface area contributed by atoms with Gasteiger partial charge in [-0.15, -0.1) is 0 Å². The smallest absolute Gasteiger partial charge is 0.0606 e. The first-order chi connectivity index (χ1) is 7.25. The topological polar surface area (TPSA) is 43.8 Å². The van der Waals surface area contributed by atoms with Crippen LogP contribution in [-0.2, 0) is 7.05 Å². The zero-order valence-corrected chi connectivity index (χ0v) is 8.59. The van der Waals surface area contributed by atoms with E-state index in [1.807, 2.05) is 54.2 Å². The van der Waals surface area contributed by atoms with Crippen LogP contribution in [-0.4, -0.2) is 9.78 Å². The molecule has 1 aromatic carbocycles. The highest BCUT2D eigenvalue weighted by Gasteiger charge is 1.92. The highest BCUT2D eigenvalue weighted by molar-refractivity contribution is 5.68. The molecule has 0 unspecified atom stereocenters. The lowest BCUT2D eigenvalue weighted by Crippen LogP contribution is -1.91. The van der Waals surface area contributed by atoms with Gasteiger partial charge >= 0.3 is 0 Å². The number of benzene rings is 1. The molecule has 3 nitrogen and oxygen atoms in total. The highest BCUT2D eigenvalue weighted by Crippen LogP contribution is 2.09. The molecule has 76 valence electrons. The molecule has 1 aromatic heterocycles. The fourth-order valence-electron chi connectivity index (χ4n) is 1.34. The fourth-order valence-corrected chi connectivity index (χ4v) is 1.34. The number of hydrogen-bond acceptors (Lipinski definition) is 2. The first-order valence-corrected chi connectivity index (χ1v) is 4.77. The van der Waals surface area contributed by atoms with Crippen molar-refractivity contribution >= 4 is 17.8 Å². The molecule has 0 radical (unpaired) electrons. The summed E-state index contributed by atoms with van der Waals surface area (Å²) in [6.45, 7) is 0. The molecule has 0 amide bonds. The predicted octanol–water partition coefficient (Wildman–Crippen LogP) is 2.17. The minimum absolute atomic E-state index is 0.785. The first-order valence-electron chi connectivity index (χ1n) is 4.77. The van der Waals surface area contributed by atoms with Gasteiger partial charge in [0.1, 0.15) is 0 Å². The Morgan fingerprint density at radius 1 is 1.13 bits per heavy atom. The summed E-state index contributed by atoms with van der Waals surface area (Å²) in [5.41, 5.74) is 8.59. The molecular weight excluding hydrogens is 186 g/mol. The SMILES string of the molecule is Cn1nccc1C=Cc1ccc(N)cc1. The third kappa shape index (κ3) is 2.26. The molecule has 2 N–H and O–H groups in total. The number of aryl methyl sites for hydroxylation is 1. The molecule has 0 fully saturated rings. The quantitative estimate of drug-likeness (QED) is 0.753. The van der Waals surface area contributed by atoms with Gasteiger partial charge in [-0.1, -0.05) is 18.2 Å². The first kappa shape index (κ1) is 9.52. The minimum atomic E-state index is 0.785. The molecule has 0 aliphatic carbocycles. The van der Waals surface area contributed by atoms with Gasteiger partial charge in [-0.25, -0.2) is 0 Å². The molecule has 0 saturated heterocycles. The molecule has 0 atom stereocenters. The van der Waals surface area contributed by atoms with Crippen LogP contribution in [0.3, 0.4) is 0 Å². The van der Waals surface area contributed by atoms with Gasteiger partial charge in [0.25, 0.3) is 0 Å². The van der Waals surface area contributed by atoms with Gasteiger partial charge in [0.2, 0.25) is 0 Å². The van der Waals surface area contributed by atoms with Gasteiger partial charge in [-0.3, -0.25) is 4.68 Å². The summed E-state index contributed by atoms with van der Waals surface area (Å²) in [6, 6.07) is 9.73. The average Bonchev–Trinajstić information content (AvgIpc) is 2.63. The van der Waals surface area contributed by atoms with Crippen molar-refractivity contribution in [1.82, 2.24) is 9.78 Å². The summed E-state index contributed by atoms with van der Waals surface area (Å²) < 4.78 is 1.83. The van der Waals surface area contributed by atoms with E-state index in [0.29, 0.717) is 0 Å². The Labute approximate surface area is 88.8 Å². The number of nitrogen functional groups attached to an aromatic ring is 1. The maximum atomic E-state index is 5.60. The lowest BCUT2D eigenvalue weighted by atomic mass is 10.2. The van der Waals surface area contributed by atoms with Crippen molar-refractivity contribution in [1.29, 1.82) is 0 Å².